The fraction of sp³-hybridized carbons (Fsp3) is 0.533. The van der Waals surface area contributed by atoms with Crippen molar-refractivity contribution in [3.8, 4) is 5.75 Å². The van der Waals surface area contributed by atoms with Gasteiger partial charge in [-0.1, -0.05) is 31.9 Å². The van der Waals surface area contributed by atoms with Crippen LogP contribution in [0.3, 0.4) is 0 Å². The molecule has 2 aliphatic rings. The third-order valence-electron chi connectivity index (χ3n) is 7.39. The second-order valence-corrected chi connectivity index (χ2v) is 10.2. The third kappa shape index (κ3) is 6.47. The number of hydrogen-bond acceptors (Lipinski definition) is 5. The monoisotopic (exact) mass is 492 g/mol. The predicted octanol–water partition coefficient (Wildman–Crippen LogP) is 5.70. The summed E-state index contributed by atoms with van der Waals surface area (Å²) < 4.78 is 11.3. The van der Waals surface area contributed by atoms with E-state index < -0.39 is 0 Å². The Labute approximate surface area is 215 Å². The molecule has 6 heteroatoms. The van der Waals surface area contributed by atoms with E-state index in [9.17, 15) is 9.59 Å². The summed E-state index contributed by atoms with van der Waals surface area (Å²) in [4.78, 5) is 29.7. The van der Waals surface area contributed by atoms with Crippen molar-refractivity contribution in [2.45, 2.75) is 83.5 Å². The molecule has 2 aromatic rings. The van der Waals surface area contributed by atoms with Crippen molar-refractivity contribution < 1.29 is 19.1 Å². The average molecular weight is 493 g/mol. The van der Waals surface area contributed by atoms with Crippen LogP contribution in [0.15, 0.2) is 48.5 Å². The molecule has 0 N–H and O–H groups in total. The first kappa shape index (κ1) is 26.2. The maximum absolute atomic E-state index is 13.4. The lowest BCUT2D eigenvalue weighted by molar-refractivity contribution is 0.0359. The molecule has 2 atom stereocenters. The van der Waals surface area contributed by atoms with E-state index >= 15 is 0 Å². The van der Waals surface area contributed by atoms with Gasteiger partial charge in [0.1, 0.15) is 11.9 Å². The molecule has 2 aromatic carbocycles. The summed E-state index contributed by atoms with van der Waals surface area (Å²) in [6.07, 6.45) is 7.53. The highest BCUT2D eigenvalue weighted by atomic mass is 16.5. The van der Waals surface area contributed by atoms with Crippen LogP contribution in [-0.2, 0) is 11.3 Å². The van der Waals surface area contributed by atoms with Gasteiger partial charge in [0.15, 0.2) is 0 Å². The summed E-state index contributed by atoms with van der Waals surface area (Å²) in [6.45, 7) is 6.39. The van der Waals surface area contributed by atoms with Gasteiger partial charge in [0, 0.05) is 37.0 Å². The van der Waals surface area contributed by atoms with Crippen molar-refractivity contribution in [3.05, 3.63) is 65.2 Å². The molecule has 0 aromatic heterocycles. The van der Waals surface area contributed by atoms with Gasteiger partial charge in [-0.15, -0.1) is 0 Å². The number of amides is 1. The third-order valence-corrected chi connectivity index (χ3v) is 7.39. The number of fused-ring (bicyclic) bond motifs is 2. The minimum atomic E-state index is -0.319. The first-order chi connectivity index (χ1) is 17.5. The molecular formula is C30H40N2O4. The molecule has 1 amide bonds. The van der Waals surface area contributed by atoms with Crippen LogP contribution in [0.4, 0.5) is 0 Å². The quantitative estimate of drug-likeness (QED) is 0.297. The highest BCUT2D eigenvalue weighted by Gasteiger charge is 2.44. The van der Waals surface area contributed by atoms with E-state index in [1.807, 2.05) is 24.3 Å². The zero-order chi connectivity index (χ0) is 25.5. The van der Waals surface area contributed by atoms with Crippen LogP contribution in [0.5, 0.6) is 5.75 Å². The van der Waals surface area contributed by atoms with E-state index in [1.165, 1.54) is 24.8 Å². The van der Waals surface area contributed by atoms with E-state index in [1.54, 1.807) is 19.1 Å². The molecule has 2 bridgehead atoms. The van der Waals surface area contributed by atoms with Crippen molar-refractivity contribution in [1.29, 1.82) is 0 Å². The van der Waals surface area contributed by atoms with Gasteiger partial charge in [0.25, 0.3) is 5.91 Å². The van der Waals surface area contributed by atoms with E-state index in [0.29, 0.717) is 12.2 Å². The van der Waals surface area contributed by atoms with Crippen molar-refractivity contribution >= 4 is 11.9 Å². The highest BCUT2D eigenvalue weighted by molar-refractivity contribution is 5.95. The number of hydrogen-bond donors (Lipinski definition) is 0. The lowest BCUT2D eigenvalue weighted by Gasteiger charge is -2.39. The molecule has 4 rings (SSSR count). The number of nitrogens with zero attached hydrogens (tertiary/aromatic N) is 2. The largest absolute Gasteiger partial charge is 0.490 e. The zero-order valence-electron chi connectivity index (χ0n) is 21.9. The topological polar surface area (TPSA) is 59.1 Å². The SMILES string of the molecule is CCCCCN(C)Cc1ccc(C(=O)N2C3CCC2CC(Oc2ccc(C(=O)OCC)cc2)C3)cc1. The van der Waals surface area contributed by atoms with Crippen molar-refractivity contribution in [2.75, 3.05) is 20.2 Å². The molecular weight excluding hydrogens is 452 g/mol. The molecule has 194 valence electrons. The number of ether oxygens (including phenoxy) is 2. The van der Waals surface area contributed by atoms with Gasteiger partial charge in [-0.05, 0) is 81.7 Å². The first-order valence-corrected chi connectivity index (χ1v) is 13.5. The molecule has 2 aliphatic heterocycles. The summed E-state index contributed by atoms with van der Waals surface area (Å²) in [6, 6.07) is 15.7. The predicted molar refractivity (Wildman–Crippen MR) is 141 cm³/mol. The Morgan fingerprint density at radius 3 is 2.17 bits per heavy atom. The molecule has 0 aliphatic carbocycles. The maximum Gasteiger partial charge on any atom is 0.338 e. The number of esters is 1. The Kier molecular flexibility index (Phi) is 9.03. The van der Waals surface area contributed by atoms with Crippen LogP contribution in [0.25, 0.3) is 0 Å². The fourth-order valence-electron chi connectivity index (χ4n) is 5.56. The number of carbonyl (C=O) groups excluding carboxylic acids is 2. The molecule has 0 radical (unpaired) electrons. The normalized spacial score (nSPS) is 21.0. The second kappa shape index (κ2) is 12.4. The van der Waals surface area contributed by atoms with E-state index in [2.05, 4.69) is 35.9 Å². The van der Waals surface area contributed by atoms with Gasteiger partial charge in [0.05, 0.1) is 12.2 Å². The van der Waals surface area contributed by atoms with Gasteiger partial charge < -0.3 is 19.3 Å². The lowest BCUT2D eigenvalue weighted by Crippen LogP contribution is -2.49. The molecule has 6 nitrogen and oxygen atoms in total. The van der Waals surface area contributed by atoms with Crippen molar-refractivity contribution in [3.63, 3.8) is 0 Å². The van der Waals surface area contributed by atoms with Crippen LogP contribution >= 0.6 is 0 Å². The van der Waals surface area contributed by atoms with E-state index in [0.717, 1.165) is 50.1 Å². The summed E-state index contributed by atoms with van der Waals surface area (Å²) in [5, 5.41) is 0. The molecule has 0 saturated carbocycles. The van der Waals surface area contributed by atoms with Gasteiger partial charge in [-0.25, -0.2) is 4.79 Å². The number of piperidine rings is 1. The van der Waals surface area contributed by atoms with E-state index in [-0.39, 0.29) is 30.1 Å². The lowest BCUT2D eigenvalue weighted by atomic mass is 9.98. The molecule has 0 spiro atoms. The molecule has 2 fully saturated rings. The van der Waals surface area contributed by atoms with Crippen LogP contribution in [0.1, 0.15) is 85.1 Å². The smallest absolute Gasteiger partial charge is 0.338 e. The zero-order valence-corrected chi connectivity index (χ0v) is 21.9. The van der Waals surface area contributed by atoms with Crippen LogP contribution in [0.2, 0.25) is 0 Å². The Balaban J connectivity index is 1.31. The molecule has 2 unspecified atom stereocenters. The van der Waals surface area contributed by atoms with Gasteiger partial charge in [0.2, 0.25) is 0 Å². The van der Waals surface area contributed by atoms with Gasteiger partial charge in [-0.2, -0.15) is 0 Å². The Morgan fingerprint density at radius 1 is 0.917 bits per heavy atom. The van der Waals surface area contributed by atoms with Crippen molar-refractivity contribution in [2.24, 2.45) is 0 Å². The highest BCUT2D eigenvalue weighted by Crippen LogP contribution is 2.38. The molecule has 2 saturated heterocycles. The summed E-state index contributed by atoms with van der Waals surface area (Å²) >= 11 is 0. The van der Waals surface area contributed by atoms with Crippen LogP contribution in [-0.4, -0.2) is 60.1 Å². The van der Waals surface area contributed by atoms with Crippen LogP contribution < -0.4 is 4.74 Å². The minimum Gasteiger partial charge on any atom is -0.490 e. The summed E-state index contributed by atoms with van der Waals surface area (Å²) in [5.74, 6) is 0.575. The second-order valence-electron chi connectivity index (χ2n) is 10.2. The minimum absolute atomic E-state index is 0.0746. The number of unbranched alkanes of at least 4 members (excludes halogenated alkanes) is 2. The van der Waals surface area contributed by atoms with E-state index in [4.69, 9.17) is 9.47 Å². The molecule has 36 heavy (non-hydrogen) atoms. The van der Waals surface area contributed by atoms with Gasteiger partial charge >= 0.3 is 5.97 Å². The number of rotatable bonds is 11. The Morgan fingerprint density at radius 2 is 1.56 bits per heavy atom. The Bertz CT molecular complexity index is 991. The Hall–Kier alpha value is -2.86. The number of carbonyl (C=O) groups is 2. The standard InChI is InChI=1S/C30H40N2O4/c1-4-6-7-18-31(3)21-22-8-10-23(11-9-22)29(33)32-25-14-15-26(32)20-28(19-25)36-27-16-12-24(13-17-27)30(34)35-5-2/h8-13,16-17,25-26,28H,4-7,14-15,18-21H2,1-3H3. The first-order valence-electron chi connectivity index (χ1n) is 13.5. The number of benzene rings is 2. The van der Waals surface area contributed by atoms with Crippen molar-refractivity contribution in [1.82, 2.24) is 9.80 Å². The maximum atomic E-state index is 13.4. The summed E-state index contributed by atoms with van der Waals surface area (Å²) in [7, 11) is 2.16. The fourth-order valence-corrected chi connectivity index (χ4v) is 5.56. The molecule has 2 heterocycles. The van der Waals surface area contributed by atoms with Crippen LogP contribution in [0, 0.1) is 0 Å². The average Bonchev–Trinajstić information content (AvgIpc) is 3.15. The van der Waals surface area contributed by atoms with Gasteiger partial charge in [-0.3, -0.25) is 4.79 Å². The summed E-state index contributed by atoms with van der Waals surface area (Å²) in [5.41, 5.74) is 2.55.